The van der Waals surface area contributed by atoms with Crippen LogP contribution in [0, 0.1) is 0 Å². The first-order valence-electron chi connectivity index (χ1n) is 5.93. The summed E-state index contributed by atoms with van der Waals surface area (Å²) >= 11 is 6.05. The van der Waals surface area contributed by atoms with E-state index in [2.05, 4.69) is 0 Å². The van der Waals surface area contributed by atoms with E-state index in [1.165, 1.54) is 0 Å². The van der Waals surface area contributed by atoms with Gasteiger partial charge in [0.05, 0.1) is 6.42 Å². The second-order valence-electron chi connectivity index (χ2n) is 4.32. The minimum atomic E-state index is -0.0290. The number of amides is 1. The van der Waals surface area contributed by atoms with Crippen LogP contribution in [0.3, 0.4) is 0 Å². The first-order valence-corrected chi connectivity index (χ1v) is 6.31. The van der Waals surface area contributed by atoms with Crippen LogP contribution in [-0.2, 0) is 11.2 Å². The Morgan fingerprint density at radius 1 is 1.21 bits per heavy atom. The number of halogens is 1. The van der Waals surface area contributed by atoms with Crippen LogP contribution in [-0.4, -0.2) is 13.0 Å². The topological polar surface area (TPSA) is 46.3 Å². The third kappa shape index (κ3) is 3.26. The van der Waals surface area contributed by atoms with Gasteiger partial charge in [-0.1, -0.05) is 35.9 Å². The normalized spacial score (nSPS) is 10.2. The lowest BCUT2D eigenvalue weighted by atomic mass is 10.1. The van der Waals surface area contributed by atoms with E-state index in [1.807, 2.05) is 30.3 Å². The maximum Gasteiger partial charge on any atom is 0.231 e. The zero-order valence-electron chi connectivity index (χ0n) is 10.6. The number of likely N-dealkylation sites (N-methyl/N-ethyl adjacent to an activating group) is 1. The Morgan fingerprint density at radius 3 is 2.63 bits per heavy atom. The molecule has 0 fully saturated rings. The highest BCUT2D eigenvalue weighted by atomic mass is 35.5. The van der Waals surface area contributed by atoms with Crippen LogP contribution in [0.25, 0.3) is 0 Å². The van der Waals surface area contributed by atoms with Crippen LogP contribution in [0.1, 0.15) is 5.56 Å². The summed E-state index contributed by atoms with van der Waals surface area (Å²) in [5.41, 5.74) is 7.95. The highest BCUT2D eigenvalue weighted by molar-refractivity contribution is 6.31. The molecule has 0 radical (unpaired) electrons. The van der Waals surface area contributed by atoms with Crippen LogP contribution >= 0.6 is 11.6 Å². The highest BCUT2D eigenvalue weighted by Crippen LogP contribution is 2.20. The van der Waals surface area contributed by atoms with Crippen LogP contribution in [0.15, 0.2) is 48.5 Å². The summed E-state index contributed by atoms with van der Waals surface area (Å²) in [6.45, 7) is 0. The first-order chi connectivity index (χ1) is 9.08. The third-order valence-electron chi connectivity index (χ3n) is 2.93. The zero-order valence-corrected chi connectivity index (χ0v) is 11.4. The molecular weight excluding hydrogens is 260 g/mol. The fourth-order valence-corrected chi connectivity index (χ4v) is 2.00. The molecule has 2 aromatic carbocycles. The number of carbonyl (C=O) groups excluding carboxylic acids is 1. The maximum atomic E-state index is 12.2. The van der Waals surface area contributed by atoms with Crippen molar-refractivity contribution in [3.63, 3.8) is 0 Å². The molecule has 2 aromatic rings. The van der Waals surface area contributed by atoms with Crippen LogP contribution in [0.5, 0.6) is 0 Å². The van der Waals surface area contributed by atoms with E-state index in [4.69, 9.17) is 17.3 Å². The van der Waals surface area contributed by atoms with Crippen LogP contribution in [0.4, 0.5) is 11.4 Å². The largest absolute Gasteiger partial charge is 0.399 e. The number of benzene rings is 2. The van der Waals surface area contributed by atoms with Gasteiger partial charge in [-0.3, -0.25) is 4.79 Å². The van der Waals surface area contributed by atoms with Crippen molar-refractivity contribution in [2.24, 2.45) is 0 Å². The number of nitrogen functional groups attached to an aromatic ring is 1. The molecule has 3 nitrogen and oxygen atoms in total. The Labute approximate surface area is 117 Å². The lowest BCUT2D eigenvalue weighted by Crippen LogP contribution is -2.27. The number of hydrogen-bond acceptors (Lipinski definition) is 2. The second kappa shape index (κ2) is 5.76. The van der Waals surface area contributed by atoms with E-state index < -0.39 is 0 Å². The fourth-order valence-electron chi connectivity index (χ4n) is 1.80. The Kier molecular flexibility index (Phi) is 4.07. The molecule has 0 saturated heterocycles. The molecule has 0 aromatic heterocycles. The molecule has 2 N–H and O–H groups in total. The van der Waals surface area contributed by atoms with Crippen molar-refractivity contribution >= 4 is 28.9 Å². The first kappa shape index (κ1) is 13.4. The minimum Gasteiger partial charge on any atom is -0.399 e. The van der Waals surface area contributed by atoms with Gasteiger partial charge in [0, 0.05) is 23.4 Å². The quantitative estimate of drug-likeness (QED) is 0.874. The molecule has 0 unspecified atom stereocenters. The van der Waals surface area contributed by atoms with E-state index in [9.17, 15) is 4.79 Å². The summed E-state index contributed by atoms with van der Waals surface area (Å²) in [7, 11) is 1.73. The van der Waals surface area contributed by atoms with Gasteiger partial charge in [-0.05, 0) is 29.8 Å². The molecule has 0 aliphatic rings. The van der Waals surface area contributed by atoms with Gasteiger partial charge in [0.2, 0.25) is 5.91 Å². The Hall–Kier alpha value is -2.00. The number of carbonyl (C=O) groups is 1. The molecule has 2 rings (SSSR count). The number of nitrogens with zero attached hydrogens (tertiary/aromatic N) is 1. The Bertz CT molecular complexity index is 598. The van der Waals surface area contributed by atoms with Crippen molar-refractivity contribution < 1.29 is 4.79 Å². The molecule has 0 saturated carbocycles. The number of rotatable bonds is 3. The number of nitrogens with two attached hydrogens (primary N) is 1. The van der Waals surface area contributed by atoms with Gasteiger partial charge in [0.25, 0.3) is 0 Å². The van der Waals surface area contributed by atoms with Gasteiger partial charge in [-0.2, -0.15) is 0 Å². The minimum absolute atomic E-state index is 0.0290. The van der Waals surface area contributed by atoms with E-state index in [0.29, 0.717) is 10.7 Å². The van der Waals surface area contributed by atoms with Crippen molar-refractivity contribution in [2.45, 2.75) is 6.42 Å². The van der Waals surface area contributed by atoms with Crippen molar-refractivity contribution in [1.29, 1.82) is 0 Å². The number of hydrogen-bond donors (Lipinski definition) is 1. The molecule has 1 amide bonds. The Morgan fingerprint density at radius 2 is 1.95 bits per heavy atom. The number of anilines is 2. The van der Waals surface area contributed by atoms with E-state index in [-0.39, 0.29) is 12.3 Å². The van der Waals surface area contributed by atoms with E-state index in [0.717, 1.165) is 11.3 Å². The summed E-state index contributed by atoms with van der Waals surface area (Å²) in [5.74, 6) is -0.0290. The third-order valence-corrected chi connectivity index (χ3v) is 3.30. The molecule has 0 spiro atoms. The van der Waals surface area contributed by atoms with E-state index in [1.54, 1.807) is 30.1 Å². The van der Waals surface area contributed by atoms with Crippen LogP contribution in [0.2, 0.25) is 5.02 Å². The SMILES string of the molecule is CN(C(=O)Cc1ccccc1Cl)c1cccc(N)c1. The highest BCUT2D eigenvalue weighted by Gasteiger charge is 2.13. The summed E-state index contributed by atoms with van der Waals surface area (Å²) in [4.78, 5) is 13.8. The zero-order chi connectivity index (χ0) is 13.8. The van der Waals surface area contributed by atoms with E-state index >= 15 is 0 Å². The Balaban J connectivity index is 2.14. The fraction of sp³-hybridized carbons (Fsp3) is 0.133. The summed E-state index contributed by atoms with van der Waals surface area (Å²) < 4.78 is 0. The second-order valence-corrected chi connectivity index (χ2v) is 4.72. The van der Waals surface area contributed by atoms with Crippen molar-refractivity contribution in [1.82, 2.24) is 0 Å². The summed E-state index contributed by atoms with van der Waals surface area (Å²) in [6.07, 6.45) is 0.269. The van der Waals surface area contributed by atoms with Gasteiger partial charge in [-0.25, -0.2) is 0 Å². The predicted octanol–water partition coefficient (Wildman–Crippen LogP) is 3.13. The van der Waals surface area contributed by atoms with Gasteiger partial charge >= 0.3 is 0 Å². The molecule has 0 heterocycles. The standard InChI is InChI=1S/C15H15ClN2O/c1-18(13-7-4-6-12(17)10-13)15(19)9-11-5-2-3-8-14(11)16/h2-8,10H,9,17H2,1H3. The van der Waals surface area contributed by atoms with Crippen LogP contribution < -0.4 is 10.6 Å². The maximum absolute atomic E-state index is 12.2. The molecular formula is C15H15ClN2O. The molecule has 4 heteroatoms. The smallest absolute Gasteiger partial charge is 0.231 e. The van der Waals surface area contributed by atoms with Crippen molar-refractivity contribution in [3.05, 3.63) is 59.1 Å². The predicted molar refractivity (Wildman–Crippen MR) is 79.4 cm³/mol. The molecule has 0 atom stereocenters. The van der Waals surface area contributed by atoms with Gasteiger partial charge < -0.3 is 10.6 Å². The molecule has 98 valence electrons. The molecule has 0 aliphatic carbocycles. The monoisotopic (exact) mass is 274 g/mol. The van der Waals surface area contributed by atoms with Crippen molar-refractivity contribution in [3.8, 4) is 0 Å². The average molecular weight is 275 g/mol. The lowest BCUT2D eigenvalue weighted by molar-refractivity contribution is -0.117. The molecule has 19 heavy (non-hydrogen) atoms. The van der Waals surface area contributed by atoms with Gasteiger partial charge in [0.1, 0.15) is 0 Å². The lowest BCUT2D eigenvalue weighted by Gasteiger charge is -2.18. The van der Waals surface area contributed by atoms with Gasteiger partial charge in [0.15, 0.2) is 0 Å². The average Bonchev–Trinajstić information content (AvgIpc) is 2.40. The van der Waals surface area contributed by atoms with Crippen molar-refractivity contribution in [2.75, 3.05) is 17.7 Å². The summed E-state index contributed by atoms with van der Waals surface area (Å²) in [6, 6.07) is 14.6. The molecule has 0 aliphatic heterocycles. The summed E-state index contributed by atoms with van der Waals surface area (Å²) in [5, 5.41) is 0.608. The molecule has 0 bridgehead atoms. The van der Waals surface area contributed by atoms with Gasteiger partial charge in [-0.15, -0.1) is 0 Å².